The van der Waals surface area contributed by atoms with Gasteiger partial charge in [0.15, 0.2) is 5.69 Å². The Morgan fingerprint density at radius 1 is 1.14 bits per heavy atom. The van der Waals surface area contributed by atoms with Gasteiger partial charge in [-0.2, -0.15) is 5.10 Å². The Labute approximate surface area is 121 Å². The van der Waals surface area contributed by atoms with E-state index in [1.807, 2.05) is 54.6 Å². The molecule has 0 saturated heterocycles. The monoisotopic (exact) mass is 281 g/mol. The first-order valence-electron chi connectivity index (χ1n) is 6.69. The highest BCUT2D eigenvalue weighted by atomic mass is 16.3. The third kappa shape index (κ3) is 2.64. The number of rotatable bonds is 4. The van der Waals surface area contributed by atoms with E-state index in [2.05, 4.69) is 15.5 Å². The first-order valence-corrected chi connectivity index (χ1v) is 6.69. The predicted octanol–water partition coefficient (Wildman–Crippen LogP) is 2.03. The van der Waals surface area contributed by atoms with E-state index in [4.69, 9.17) is 0 Å². The molecule has 0 aliphatic rings. The highest BCUT2D eigenvalue weighted by Gasteiger charge is 2.18. The number of fused-ring (bicyclic) bond motifs is 1. The number of carbonyl (C=O) groups is 1. The van der Waals surface area contributed by atoms with Crippen molar-refractivity contribution >= 4 is 16.8 Å². The van der Waals surface area contributed by atoms with E-state index in [1.165, 1.54) is 0 Å². The Morgan fingerprint density at radius 3 is 2.62 bits per heavy atom. The van der Waals surface area contributed by atoms with Crippen LogP contribution in [-0.2, 0) is 0 Å². The Morgan fingerprint density at radius 2 is 1.86 bits per heavy atom. The van der Waals surface area contributed by atoms with Crippen LogP contribution < -0.4 is 5.32 Å². The molecule has 0 unspecified atom stereocenters. The molecule has 1 atom stereocenters. The van der Waals surface area contributed by atoms with Crippen molar-refractivity contribution < 1.29 is 9.90 Å². The number of benzene rings is 2. The summed E-state index contributed by atoms with van der Waals surface area (Å²) < 4.78 is 0. The molecule has 3 N–H and O–H groups in total. The number of aliphatic hydroxyl groups excluding tert-OH is 1. The Bertz CT molecular complexity index is 752. The molecule has 5 heteroatoms. The van der Waals surface area contributed by atoms with Crippen LogP contribution in [0, 0.1) is 0 Å². The Balaban J connectivity index is 1.85. The topological polar surface area (TPSA) is 78.0 Å². The number of amides is 1. The van der Waals surface area contributed by atoms with Crippen molar-refractivity contribution in [1.29, 1.82) is 0 Å². The minimum absolute atomic E-state index is 0.169. The number of hydrogen-bond donors (Lipinski definition) is 3. The number of H-pyrrole nitrogens is 1. The number of aliphatic hydroxyl groups is 1. The van der Waals surface area contributed by atoms with Gasteiger partial charge < -0.3 is 10.4 Å². The molecule has 0 aliphatic carbocycles. The molecule has 21 heavy (non-hydrogen) atoms. The van der Waals surface area contributed by atoms with Gasteiger partial charge in [-0.1, -0.05) is 48.5 Å². The molecule has 3 rings (SSSR count). The van der Waals surface area contributed by atoms with Crippen LogP contribution in [0.3, 0.4) is 0 Å². The van der Waals surface area contributed by atoms with Gasteiger partial charge in [-0.15, -0.1) is 0 Å². The quantitative estimate of drug-likeness (QED) is 0.684. The zero-order chi connectivity index (χ0) is 14.7. The van der Waals surface area contributed by atoms with Crippen LogP contribution in [0.5, 0.6) is 0 Å². The molecule has 3 aromatic rings. The summed E-state index contributed by atoms with van der Waals surface area (Å²) in [6, 6.07) is 16.3. The molecule has 2 aromatic carbocycles. The molecule has 5 nitrogen and oxygen atoms in total. The summed E-state index contributed by atoms with van der Waals surface area (Å²) in [5, 5.41) is 20.0. The fourth-order valence-electron chi connectivity index (χ4n) is 2.28. The fourth-order valence-corrected chi connectivity index (χ4v) is 2.28. The smallest absolute Gasteiger partial charge is 0.272 e. The average molecular weight is 281 g/mol. The van der Waals surface area contributed by atoms with Crippen LogP contribution >= 0.6 is 0 Å². The second-order valence-corrected chi connectivity index (χ2v) is 4.74. The number of hydrogen-bond acceptors (Lipinski definition) is 3. The maximum atomic E-state index is 12.4. The standard InChI is InChI=1S/C16H15N3O2/c20-10-14(11-6-2-1-3-7-11)17-16(21)15-12-8-4-5-9-13(12)18-19-15/h1-9,14,20H,10H2,(H,17,21)(H,18,19)/t14-/m1/s1. The van der Waals surface area contributed by atoms with Gasteiger partial charge in [0, 0.05) is 5.39 Å². The lowest BCUT2D eigenvalue weighted by molar-refractivity contribution is 0.0912. The summed E-state index contributed by atoms with van der Waals surface area (Å²) in [7, 11) is 0. The predicted molar refractivity (Wildman–Crippen MR) is 79.8 cm³/mol. The molecule has 106 valence electrons. The number of carbonyl (C=O) groups excluding carboxylic acids is 1. The molecule has 0 saturated carbocycles. The van der Waals surface area contributed by atoms with Gasteiger partial charge in [-0.25, -0.2) is 0 Å². The van der Waals surface area contributed by atoms with Crippen molar-refractivity contribution in [2.75, 3.05) is 6.61 Å². The largest absolute Gasteiger partial charge is 0.394 e. The number of aromatic nitrogens is 2. The lowest BCUT2D eigenvalue weighted by Gasteiger charge is -2.16. The van der Waals surface area contributed by atoms with Crippen LogP contribution in [0.1, 0.15) is 22.1 Å². The molecular formula is C16H15N3O2. The van der Waals surface area contributed by atoms with Gasteiger partial charge in [0.25, 0.3) is 5.91 Å². The molecule has 0 aliphatic heterocycles. The van der Waals surface area contributed by atoms with Crippen LogP contribution in [0.2, 0.25) is 0 Å². The second kappa shape index (κ2) is 5.76. The zero-order valence-corrected chi connectivity index (χ0v) is 11.3. The summed E-state index contributed by atoms with van der Waals surface area (Å²) in [5.74, 6) is -0.310. The van der Waals surface area contributed by atoms with Crippen molar-refractivity contribution in [3.8, 4) is 0 Å². The van der Waals surface area contributed by atoms with Gasteiger partial charge >= 0.3 is 0 Å². The van der Waals surface area contributed by atoms with E-state index < -0.39 is 6.04 Å². The summed E-state index contributed by atoms with van der Waals surface area (Å²) in [6.07, 6.45) is 0. The van der Waals surface area contributed by atoms with E-state index in [0.717, 1.165) is 16.5 Å². The molecule has 1 aromatic heterocycles. The second-order valence-electron chi connectivity index (χ2n) is 4.74. The summed E-state index contributed by atoms with van der Waals surface area (Å²) in [4.78, 5) is 12.4. The minimum Gasteiger partial charge on any atom is -0.394 e. The summed E-state index contributed by atoms with van der Waals surface area (Å²) in [6.45, 7) is -0.169. The summed E-state index contributed by atoms with van der Waals surface area (Å²) >= 11 is 0. The maximum Gasteiger partial charge on any atom is 0.272 e. The SMILES string of the molecule is O=C(N[C@H](CO)c1ccccc1)c1n[nH]c2ccccc12. The van der Waals surface area contributed by atoms with Crippen molar-refractivity contribution in [2.45, 2.75) is 6.04 Å². The minimum atomic E-state index is -0.450. The molecule has 1 amide bonds. The third-order valence-electron chi connectivity index (χ3n) is 3.38. The molecule has 0 radical (unpaired) electrons. The van der Waals surface area contributed by atoms with Gasteiger partial charge in [-0.05, 0) is 11.6 Å². The fraction of sp³-hybridized carbons (Fsp3) is 0.125. The van der Waals surface area contributed by atoms with Gasteiger partial charge in [-0.3, -0.25) is 9.89 Å². The molecule has 0 fully saturated rings. The van der Waals surface area contributed by atoms with Crippen molar-refractivity contribution in [3.63, 3.8) is 0 Å². The van der Waals surface area contributed by atoms with E-state index in [-0.39, 0.29) is 12.5 Å². The number of aromatic amines is 1. The third-order valence-corrected chi connectivity index (χ3v) is 3.38. The van der Waals surface area contributed by atoms with Gasteiger partial charge in [0.05, 0.1) is 18.2 Å². The van der Waals surface area contributed by atoms with Crippen LogP contribution in [0.25, 0.3) is 10.9 Å². The van der Waals surface area contributed by atoms with Gasteiger partial charge in [0.2, 0.25) is 0 Å². The van der Waals surface area contributed by atoms with Crippen LogP contribution in [0.4, 0.5) is 0 Å². The molecule has 0 spiro atoms. The van der Waals surface area contributed by atoms with Crippen molar-refractivity contribution in [1.82, 2.24) is 15.5 Å². The first-order chi connectivity index (χ1) is 10.3. The molecule has 1 heterocycles. The van der Waals surface area contributed by atoms with E-state index in [0.29, 0.717) is 5.69 Å². The average Bonchev–Trinajstić information content (AvgIpc) is 2.97. The lowest BCUT2D eigenvalue weighted by atomic mass is 10.1. The first kappa shape index (κ1) is 13.3. The number of nitrogens with zero attached hydrogens (tertiary/aromatic N) is 1. The lowest BCUT2D eigenvalue weighted by Crippen LogP contribution is -2.31. The maximum absolute atomic E-state index is 12.4. The highest BCUT2D eigenvalue weighted by molar-refractivity contribution is 6.04. The van der Waals surface area contributed by atoms with E-state index in [1.54, 1.807) is 0 Å². The molecule has 0 bridgehead atoms. The highest BCUT2D eigenvalue weighted by Crippen LogP contribution is 2.17. The van der Waals surface area contributed by atoms with Crippen LogP contribution in [-0.4, -0.2) is 27.8 Å². The number of nitrogens with one attached hydrogen (secondary N) is 2. The van der Waals surface area contributed by atoms with Gasteiger partial charge in [0.1, 0.15) is 0 Å². The van der Waals surface area contributed by atoms with Crippen LogP contribution in [0.15, 0.2) is 54.6 Å². The Kier molecular flexibility index (Phi) is 3.66. The zero-order valence-electron chi connectivity index (χ0n) is 11.3. The summed E-state index contributed by atoms with van der Waals surface area (Å²) in [5.41, 5.74) is 2.00. The van der Waals surface area contributed by atoms with E-state index in [9.17, 15) is 9.90 Å². The van der Waals surface area contributed by atoms with Crippen molar-refractivity contribution in [2.24, 2.45) is 0 Å². The normalized spacial score (nSPS) is 12.2. The van der Waals surface area contributed by atoms with E-state index >= 15 is 0 Å². The molecular weight excluding hydrogens is 266 g/mol. The Hall–Kier alpha value is -2.66. The number of para-hydroxylation sites is 1. The van der Waals surface area contributed by atoms with Crippen molar-refractivity contribution in [3.05, 3.63) is 65.9 Å².